The number of benzene rings is 4. The lowest BCUT2D eigenvalue weighted by Crippen LogP contribution is -2.43. The van der Waals surface area contributed by atoms with Gasteiger partial charge in [0.2, 0.25) is 0 Å². The van der Waals surface area contributed by atoms with E-state index in [9.17, 15) is 14.4 Å². The van der Waals surface area contributed by atoms with Crippen LogP contribution in [-0.2, 0) is 59.6 Å². The number of carbonyl (C=O) groups is 6. The highest BCUT2D eigenvalue weighted by Gasteiger charge is 2.50. The minimum atomic E-state index is -1.10. The molecule has 0 N–H and O–H groups in total. The second kappa shape index (κ2) is 41.9. The van der Waals surface area contributed by atoms with E-state index in [1.807, 2.05) is 36.4 Å². The van der Waals surface area contributed by atoms with E-state index >= 15 is 14.4 Å². The summed E-state index contributed by atoms with van der Waals surface area (Å²) >= 11 is 0. The monoisotopic (exact) mass is 1480 g/mol. The van der Waals surface area contributed by atoms with Crippen molar-refractivity contribution in [2.24, 2.45) is 53.3 Å². The number of hydrogen-bond donors (Lipinski definition) is 0. The summed E-state index contributed by atoms with van der Waals surface area (Å²) in [6.45, 7) is 20.1. The average molecular weight is 1480 g/mol. The Kier molecular flexibility index (Phi) is 32.1. The van der Waals surface area contributed by atoms with Crippen molar-refractivity contribution in [3.63, 3.8) is 0 Å². The second-order valence-corrected chi connectivity index (χ2v) is 33.0. The fourth-order valence-corrected chi connectivity index (χ4v) is 18.5. The zero-order valence-corrected chi connectivity index (χ0v) is 65.5. The molecule has 0 bridgehead atoms. The Morgan fingerprint density at radius 2 is 0.519 bits per heavy atom. The third-order valence-electron chi connectivity index (χ3n) is 25.5. The smallest absolute Gasteiger partial charge is 0.339 e. The summed E-state index contributed by atoms with van der Waals surface area (Å²) in [5.74, 6) is 4.83. The van der Waals surface area contributed by atoms with Crippen LogP contribution in [0.3, 0.4) is 0 Å². The zero-order chi connectivity index (χ0) is 76.1. The van der Waals surface area contributed by atoms with Crippen molar-refractivity contribution in [2.45, 2.75) is 269 Å². The van der Waals surface area contributed by atoms with Crippen molar-refractivity contribution in [1.29, 1.82) is 0 Å². The fraction of sp³-hybridized carbons (Fsp3) is 0.613. The molecule has 588 valence electrons. The molecule has 6 fully saturated rings. The van der Waals surface area contributed by atoms with Gasteiger partial charge in [0.1, 0.15) is 34.1 Å². The molecule has 0 spiro atoms. The molecule has 15 nitrogen and oxygen atoms in total. The zero-order valence-electron chi connectivity index (χ0n) is 65.5. The summed E-state index contributed by atoms with van der Waals surface area (Å²) in [7, 11) is 0. The van der Waals surface area contributed by atoms with Crippen molar-refractivity contribution in [3.8, 4) is 17.2 Å². The lowest BCUT2D eigenvalue weighted by Gasteiger charge is -2.47. The molecule has 4 aromatic rings. The van der Waals surface area contributed by atoms with Crippen LogP contribution in [0.2, 0.25) is 0 Å². The van der Waals surface area contributed by atoms with Gasteiger partial charge in [0.05, 0.1) is 56.3 Å². The van der Waals surface area contributed by atoms with Gasteiger partial charge in [-0.3, -0.25) is 0 Å². The molecular weight excluding hydrogens is 1360 g/mol. The number of hydrogen-bond acceptors (Lipinski definition) is 15. The molecular formula is C93H126O15. The van der Waals surface area contributed by atoms with E-state index in [0.29, 0.717) is 165 Å². The van der Waals surface area contributed by atoms with E-state index in [1.165, 1.54) is 95.3 Å². The first-order valence-corrected chi connectivity index (χ1v) is 41.9. The van der Waals surface area contributed by atoms with Crippen LogP contribution in [0, 0.1) is 53.3 Å². The maximum absolute atomic E-state index is 15.4. The van der Waals surface area contributed by atoms with Gasteiger partial charge in [-0.2, -0.15) is 0 Å². The first kappa shape index (κ1) is 82.8. The second-order valence-electron chi connectivity index (χ2n) is 33.0. The van der Waals surface area contributed by atoms with Crippen LogP contribution in [0.15, 0.2) is 129 Å². The quantitative estimate of drug-likeness (QED) is 0.0178. The highest BCUT2D eigenvalue weighted by atomic mass is 16.6. The van der Waals surface area contributed by atoms with Gasteiger partial charge in [-0.25, -0.2) is 28.8 Å². The third-order valence-corrected chi connectivity index (χ3v) is 25.5. The molecule has 4 aromatic carbocycles. The van der Waals surface area contributed by atoms with Gasteiger partial charge in [-0.05, 0) is 354 Å². The predicted molar refractivity (Wildman–Crippen MR) is 422 cm³/mol. The SMILES string of the molecule is C=CC(=O)OCCCCCCOc1ccc(C(=O)OC2(c3cc(C4(OC(=O)c5ccc(OCCCCCCOC(=O)C=C)cc5)CCC(C5CCC(C)CC5)CC4)cc(C4(OC(=O)c5ccc(OCCCCCCOC(=O)C=C)cc5)CCC(C5CCC(C)CC5)CC4)c3)CCC(C3CCC(C)CC3)CC2)cc1. The van der Waals surface area contributed by atoms with Crippen LogP contribution < -0.4 is 14.2 Å². The molecule has 0 aliphatic heterocycles. The molecule has 6 aliphatic rings. The van der Waals surface area contributed by atoms with Crippen molar-refractivity contribution in [3.05, 3.63) is 162 Å². The average Bonchev–Trinajstić information content (AvgIpc) is 0.736. The highest BCUT2D eigenvalue weighted by Crippen LogP contribution is 2.55. The normalized spacial score (nSPS) is 26.4. The van der Waals surface area contributed by atoms with Crippen LogP contribution >= 0.6 is 0 Å². The van der Waals surface area contributed by atoms with E-state index in [4.69, 9.17) is 42.6 Å². The summed E-state index contributed by atoms with van der Waals surface area (Å²) in [6, 6.07) is 28.7. The highest BCUT2D eigenvalue weighted by molar-refractivity contribution is 5.91. The largest absolute Gasteiger partial charge is 0.494 e. The van der Waals surface area contributed by atoms with Crippen LogP contribution in [0.1, 0.15) is 300 Å². The first-order valence-electron chi connectivity index (χ1n) is 41.9. The number of carbonyl (C=O) groups excluding carboxylic acids is 6. The molecule has 6 aliphatic carbocycles. The van der Waals surface area contributed by atoms with Gasteiger partial charge in [0.15, 0.2) is 0 Å². The maximum Gasteiger partial charge on any atom is 0.339 e. The molecule has 6 saturated carbocycles. The number of unbranched alkanes of at least 4 members (excludes halogenated alkanes) is 9. The van der Waals surface area contributed by atoms with Crippen LogP contribution in [0.25, 0.3) is 0 Å². The minimum Gasteiger partial charge on any atom is -0.494 e. The van der Waals surface area contributed by atoms with E-state index in [0.717, 1.165) is 132 Å². The molecule has 0 unspecified atom stereocenters. The summed E-state index contributed by atoms with van der Waals surface area (Å²) in [6.07, 6.45) is 37.2. The summed E-state index contributed by atoms with van der Waals surface area (Å²) in [4.78, 5) is 80.9. The van der Waals surface area contributed by atoms with Crippen molar-refractivity contribution < 1.29 is 71.4 Å². The van der Waals surface area contributed by atoms with E-state index in [-0.39, 0.29) is 0 Å². The van der Waals surface area contributed by atoms with Gasteiger partial charge in [-0.15, -0.1) is 0 Å². The molecule has 0 atom stereocenters. The van der Waals surface area contributed by atoms with Gasteiger partial charge in [-0.1, -0.05) is 79.0 Å². The fourth-order valence-electron chi connectivity index (χ4n) is 18.5. The van der Waals surface area contributed by atoms with E-state index < -0.39 is 52.6 Å². The summed E-state index contributed by atoms with van der Waals surface area (Å²) in [5, 5.41) is 0. The van der Waals surface area contributed by atoms with Gasteiger partial charge >= 0.3 is 35.8 Å². The van der Waals surface area contributed by atoms with E-state index in [2.05, 4.69) is 58.7 Å². The predicted octanol–water partition coefficient (Wildman–Crippen LogP) is 21.9. The molecule has 0 heterocycles. The lowest BCUT2D eigenvalue weighted by atomic mass is 9.64. The number of esters is 6. The van der Waals surface area contributed by atoms with E-state index in [1.54, 1.807) is 36.4 Å². The summed E-state index contributed by atoms with van der Waals surface area (Å²) in [5.41, 5.74) is 0.516. The standard InChI is InChI=1S/C93H126O15/c1-7-85(94)103-61-19-13-10-16-58-100-82-40-34-76(35-41-82)88(97)106-91(52-46-73(47-53-91)70-28-22-67(4)23-29-70)79-64-80(92(54-48-74(49-55-92)71-30-24-68(5)25-31-71)107-89(98)77-36-42-83(43-37-77)101-59-17-11-14-20-62-104-86(95)8-2)66-81(65-79)93(56-50-75(51-57-93)72-32-26-69(6)27-33-72)108-90(99)78-38-44-84(45-39-78)102-60-18-12-15-21-63-105-87(96)9-3/h7-9,34-45,64-75H,1-3,10-33,46-63H2,4-6H3. The molecule has 0 aromatic heterocycles. The number of rotatable bonds is 39. The Morgan fingerprint density at radius 1 is 0.306 bits per heavy atom. The molecule has 15 heteroatoms. The van der Waals surface area contributed by atoms with Gasteiger partial charge in [0, 0.05) is 18.2 Å². The Bertz CT molecular complexity index is 3110. The maximum atomic E-state index is 15.4. The molecule has 0 radical (unpaired) electrons. The molecule has 10 rings (SSSR count). The Balaban J connectivity index is 1.00. The topological polar surface area (TPSA) is 185 Å². The lowest BCUT2D eigenvalue weighted by molar-refractivity contribution is -0.138. The van der Waals surface area contributed by atoms with Crippen LogP contribution in [0.5, 0.6) is 17.2 Å². The van der Waals surface area contributed by atoms with Crippen molar-refractivity contribution in [1.82, 2.24) is 0 Å². The van der Waals surface area contributed by atoms with Crippen molar-refractivity contribution in [2.75, 3.05) is 39.6 Å². The van der Waals surface area contributed by atoms with Gasteiger partial charge < -0.3 is 42.6 Å². The Labute approximate surface area is 645 Å². The minimum absolute atomic E-state index is 0.361. The molecule has 0 amide bonds. The first-order chi connectivity index (χ1) is 52.5. The van der Waals surface area contributed by atoms with Crippen LogP contribution in [-0.4, -0.2) is 75.5 Å². The van der Waals surface area contributed by atoms with Gasteiger partial charge in [0.25, 0.3) is 0 Å². The molecule has 0 saturated heterocycles. The van der Waals surface area contributed by atoms with Crippen LogP contribution in [0.4, 0.5) is 0 Å². The third kappa shape index (κ3) is 24.2. The van der Waals surface area contributed by atoms with Crippen molar-refractivity contribution >= 4 is 35.8 Å². The Hall–Kier alpha value is -7.68. The Morgan fingerprint density at radius 3 is 0.741 bits per heavy atom. The summed E-state index contributed by atoms with van der Waals surface area (Å²) < 4.78 is 56.1. The molecule has 108 heavy (non-hydrogen) atoms. The number of ether oxygens (including phenoxy) is 9.